The topological polar surface area (TPSA) is 27.1 Å². The van der Waals surface area contributed by atoms with Crippen molar-refractivity contribution < 1.29 is 9.13 Å². The minimum absolute atomic E-state index is 0.230. The predicted octanol–water partition coefficient (Wildman–Crippen LogP) is 2.53. The number of nitrogens with zero attached hydrogens (tertiary/aromatic N) is 2. The van der Waals surface area contributed by atoms with E-state index in [1.54, 1.807) is 12.1 Å². The summed E-state index contributed by atoms with van der Waals surface area (Å²) < 4.78 is 21.1. The molecule has 88 valence electrons. The molecule has 3 rings (SSSR count). The van der Waals surface area contributed by atoms with Crippen molar-refractivity contribution in [1.29, 1.82) is 0 Å². The van der Waals surface area contributed by atoms with E-state index in [0.717, 1.165) is 23.5 Å². The van der Waals surface area contributed by atoms with E-state index in [4.69, 9.17) is 4.74 Å². The Morgan fingerprint density at radius 3 is 2.94 bits per heavy atom. The molecule has 4 heteroatoms. The fraction of sp³-hybridized carbons (Fsp3) is 0.308. The highest BCUT2D eigenvalue weighted by atomic mass is 19.1. The summed E-state index contributed by atoms with van der Waals surface area (Å²) in [7, 11) is 0. The molecular weight excluding hydrogens is 219 g/mol. The standard InChI is InChI=1S/C13H13FN2O/c1-9-12-8-17-7-6-16(12)15-13(9)10-4-2-3-5-11(10)14/h2-5H,6-8H2,1H3. The first-order valence-electron chi connectivity index (χ1n) is 5.66. The van der Waals surface area contributed by atoms with E-state index in [-0.39, 0.29) is 5.82 Å². The molecule has 1 aliphatic rings. The second kappa shape index (κ2) is 3.96. The molecule has 0 fully saturated rings. The van der Waals surface area contributed by atoms with Crippen LogP contribution in [0.5, 0.6) is 0 Å². The lowest BCUT2D eigenvalue weighted by atomic mass is 10.1. The lowest BCUT2D eigenvalue weighted by Gasteiger charge is -2.14. The van der Waals surface area contributed by atoms with Crippen LogP contribution in [0, 0.1) is 12.7 Å². The van der Waals surface area contributed by atoms with E-state index in [0.29, 0.717) is 18.8 Å². The zero-order chi connectivity index (χ0) is 11.8. The molecule has 0 radical (unpaired) electrons. The lowest BCUT2D eigenvalue weighted by Crippen LogP contribution is -2.17. The van der Waals surface area contributed by atoms with Crippen LogP contribution in [0.2, 0.25) is 0 Å². The van der Waals surface area contributed by atoms with Gasteiger partial charge in [0, 0.05) is 11.1 Å². The van der Waals surface area contributed by atoms with Crippen LogP contribution in [0.3, 0.4) is 0 Å². The van der Waals surface area contributed by atoms with Gasteiger partial charge < -0.3 is 4.74 Å². The Balaban J connectivity index is 2.16. The first-order valence-corrected chi connectivity index (χ1v) is 5.66. The molecule has 0 unspecified atom stereocenters. The molecule has 1 aliphatic heterocycles. The van der Waals surface area contributed by atoms with Gasteiger partial charge in [-0.15, -0.1) is 0 Å². The molecule has 0 bridgehead atoms. The highest BCUT2D eigenvalue weighted by Crippen LogP contribution is 2.28. The van der Waals surface area contributed by atoms with Gasteiger partial charge in [-0.2, -0.15) is 5.10 Å². The van der Waals surface area contributed by atoms with Crippen molar-refractivity contribution in [2.75, 3.05) is 6.61 Å². The lowest BCUT2D eigenvalue weighted by molar-refractivity contribution is 0.0796. The summed E-state index contributed by atoms with van der Waals surface area (Å²) in [6.07, 6.45) is 0. The second-order valence-corrected chi connectivity index (χ2v) is 4.18. The van der Waals surface area contributed by atoms with Crippen molar-refractivity contribution in [3.8, 4) is 11.3 Å². The molecule has 0 aliphatic carbocycles. The maximum Gasteiger partial charge on any atom is 0.132 e. The van der Waals surface area contributed by atoms with Gasteiger partial charge in [0.05, 0.1) is 31.1 Å². The van der Waals surface area contributed by atoms with Gasteiger partial charge in [0.1, 0.15) is 5.82 Å². The number of fused-ring (bicyclic) bond motifs is 1. The molecule has 0 saturated heterocycles. The van der Waals surface area contributed by atoms with Crippen LogP contribution in [-0.2, 0) is 17.9 Å². The Morgan fingerprint density at radius 1 is 1.35 bits per heavy atom. The third kappa shape index (κ3) is 1.65. The van der Waals surface area contributed by atoms with Crippen molar-refractivity contribution in [3.63, 3.8) is 0 Å². The largest absolute Gasteiger partial charge is 0.373 e. The number of hydrogen-bond acceptors (Lipinski definition) is 2. The summed E-state index contributed by atoms with van der Waals surface area (Å²) >= 11 is 0. The molecule has 2 aromatic rings. The summed E-state index contributed by atoms with van der Waals surface area (Å²) in [6, 6.07) is 6.74. The van der Waals surface area contributed by atoms with Crippen molar-refractivity contribution in [2.45, 2.75) is 20.1 Å². The summed E-state index contributed by atoms with van der Waals surface area (Å²) in [5, 5.41) is 4.48. The second-order valence-electron chi connectivity index (χ2n) is 4.18. The van der Waals surface area contributed by atoms with Crippen LogP contribution in [0.15, 0.2) is 24.3 Å². The monoisotopic (exact) mass is 232 g/mol. The van der Waals surface area contributed by atoms with E-state index in [1.807, 2.05) is 17.7 Å². The van der Waals surface area contributed by atoms with Crippen molar-refractivity contribution in [2.24, 2.45) is 0 Å². The number of benzene rings is 1. The summed E-state index contributed by atoms with van der Waals surface area (Å²) in [4.78, 5) is 0. The normalized spacial score (nSPS) is 14.7. The Kier molecular flexibility index (Phi) is 2.44. The molecule has 3 nitrogen and oxygen atoms in total. The Labute approximate surface area is 98.8 Å². The van der Waals surface area contributed by atoms with Crippen LogP contribution in [-0.4, -0.2) is 16.4 Å². The van der Waals surface area contributed by atoms with Crippen LogP contribution >= 0.6 is 0 Å². The minimum atomic E-state index is -0.230. The van der Waals surface area contributed by atoms with Crippen molar-refractivity contribution in [1.82, 2.24) is 9.78 Å². The number of ether oxygens (including phenoxy) is 1. The highest BCUT2D eigenvalue weighted by Gasteiger charge is 2.20. The molecule has 17 heavy (non-hydrogen) atoms. The third-order valence-electron chi connectivity index (χ3n) is 3.14. The highest BCUT2D eigenvalue weighted by molar-refractivity contribution is 5.64. The Bertz CT molecular complexity index is 563. The van der Waals surface area contributed by atoms with Crippen LogP contribution in [0.4, 0.5) is 4.39 Å². The van der Waals surface area contributed by atoms with Crippen LogP contribution < -0.4 is 0 Å². The number of aromatic nitrogens is 2. The van der Waals surface area contributed by atoms with Gasteiger partial charge in [-0.05, 0) is 19.1 Å². The number of hydrogen-bond donors (Lipinski definition) is 0. The van der Waals surface area contributed by atoms with Gasteiger partial charge in [0.15, 0.2) is 0 Å². The van der Waals surface area contributed by atoms with E-state index in [1.165, 1.54) is 6.07 Å². The molecule has 1 aromatic heterocycles. The molecular formula is C13H13FN2O. The summed E-state index contributed by atoms with van der Waals surface area (Å²) in [5.74, 6) is -0.230. The summed E-state index contributed by atoms with van der Waals surface area (Å²) in [6.45, 7) is 3.94. The van der Waals surface area contributed by atoms with Crippen LogP contribution in [0.25, 0.3) is 11.3 Å². The van der Waals surface area contributed by atoms with Gasteiger partial charge in [-0.1, -0.05) is 12.1 Å². The van der Waals surface area contributed by atoms with E-state index >= 15 is 0 Å². The number of rotatable bonds is 1. The van der Waals surface area contributed by atoms with Crippen molar-refractivity contribution in [3.05, 3.63) is 41.3 Å². The minimum Gasteiger partial charge on any atom is -0.373 e. The van der Waals surface area contributed by atoms with Gasteiger partial charge in [-0.3, -0.25) is 4.68 Å². The van der Waals surface area contributed by atoms with E-state index < -0.39 is 0 Å². The first-order chi connectivity index (χ1) is 8.27. The zero-order valence-corrected chi connectivity index (χ0v) is 9.61. The van der Waals surface area contributed by atoms with Crippen LogP contribution in [0.1, 0.15) is 11.3 Å². The van der Waals surface area contributed by atoms with E-state index in [2.05, 4.69) is 5.10 Å². The predicted molar refractivity (Wildman–Crippen MR) is 62.0 cm³/mol. The average molecular weight is 232 g/mol. The maximum absolute atomic E-state index is 13.7. The fourth-order valence-electron chi connectivity index (χ4n) is 2.18. The van der Waals surface area contributed by atoms with Gasteiger partial charge in [0.25, 0.3) is 0 Å². The third-order valence-corrected chi connectivity index (χ3v) is 3.14. The fourth-order valence-corrected chi connectivity index (χ4v) is 2.18. The van der Waals surface area contributed by atoms with Gasteiger partial charge in [0.2, 0.25) is 0 Å². The molecule has 2 heterocycles. The average Bonchev–Trinajstić information content (AvgIpc) is 2.68. The molecule has 1 aromatic carbocycles. The Hall–Kier alpha value is -1.68. The summed E-state index contributed by atoms with van der Waals surface area (Å²) in [5.41, 5.74) is 3.35. The molecule has 0 spiro atoms. The molecule has 0 amide bonds. The SMILES string of the molecule is Cc1c(-c2ccccc2F)nn2c1COCC2. The zero-order valence-electron chi connectivity index (χ0n) is 9.61. The number of halogens is 1. The smallest absolute Gasteiger partial charge is 0.132 e. The van der Waals surface area contributed by atoms with Gasteiger partial charge >= 0.3 is 0 Å². The molecule has 0 atom stereocenters. The molecule has 0 N–H and O–H groups in total. The Morgan fingerprint density at radius 2 is 2.18 bits per heavy atom. The quantitative estimate of drug-likeness (QED) is 0.755. The first kappa shape index (κ1) is 10.5. The maximum atomic E-state index is 13.7. The van der Waals surface area contributed by atoms with Crippen molar-refractivity contribution >= 4 is 0 Å². The van der Waals surface area contributed by atoms with E-state index in [9.17, 15) is 4.39 Å². The van der Waals surface area contributed by atoms with Gasteiger partial charge in [-0.25, -0.2) is 4.39 Å². The molecule has 0 saturated carbocycles.